The lowest BCUT2D eigenvalue weighted by molar-refractivity contribution is 0.00230. The van der Waals surface area contributed by atoms with E-state index in [0.717, 1.165) is 12.8 Å². The summed E-state index contributed by atoms with van der Waals surface area (Å²) >= 11 is 0. The van der Waals surface area contributed by atoms with Gasteiger partial charge in [0.05, 0.1) is 19.8 Å². The van der Waals surface area contributed by atoms with Gasteiger partial charge in [0.2, 0.25) is 0 Å². The standard InChI is InChI=1S/C23H50NO6P/c1-2-3-4-5-6-7-8-9-10-11-12-13-14-15-16-17-19-28-21-23(25)22-30-31(26,27)29-20-18-24/h23,25H,2-22,24H2,1H3,(H,26,27). The molecular weight excluding hydrogens is 417 g/mol. The highest BCUT2D eigenvalue weighted by Gasteiger charge is 2.22. The normalized spacial score (nSPS) is 14.6. The first-order valence-electron chi connectivity index (χ1n) is 12.6. The summed E-state index contributed by atoms with van der Waals surface area (Å²) in [5.74, 6) is 0. The van der Waals surface area contributed by atoms with Crippen LogP contribution in [-0.4, -0.2) is 49.1 Å². The molecule has 0 aromatic heterocycles. The maximum absolute atomic E-state index is 11.4. The van der Waals surface area contributed by atoms with Crippen LogP contribution < -0.4 is 5.73 Å². The van der Waals surface area contributed by atoms with Crippen LogP contribution in [-0.2, 0) is 18.3 Å². The van der Waals surface area contributed by atoms with E-state index in [1.54, 1.807) is 0 Å². The van der Waals surface area contributed by atoms with E-state index >= 15 is 0 Å². The molecule has 2 unspecified atom stereocenters. The van der Waals surface area contributed by atoms with Gasteiger partial charge in [-0.05, 0) is 6.42 Å². The van der Waals surface area contributed by atoms with Gasteiger partial charge in [-0.2, -0.15) is 0 Å². The molecule has 0 aromatic rings. The van der Waals surface area contributed by atoms with Crippen LogP contribution in [0.25, 0.3) is 0 Å². The van der Waals surface area contributed by atoms with Crippen LogP contribution in [0.2, 0.25) is 0 Å². The molecule has 0 aromatic carbocycles. The summed E-state index contributed by atoms with van der Waals surface area (Å²) in [5, 5.41) is 9.71. The van der Waals surface area contributed by atoms with Crippen molar-refractivity contribution in [3.63, 3.8) is 0 Å². The van der Waals surface area contributed by atoms with Crippen molar-refractivity contribution in [2.45, 2.75) is 116 Å². The monoisotopic (exact) mass is 467 g/mol. The summed E-state index contributed by atoms with van der Waals surface area (Å²) in [5.41, 5.74) is 5.19. The smallest absolute Gasteiger partial charge is 0.388 e. The Kier molecular flexibility index (Phi) is 23.2. The Morgan fingerprint density at radius 1 is 0.710 bits per heavy atom. The zero-order chi connectivity index (χ0) is 23.0. The highest BCUT2D eigenvalue weighted by atomic mass is 31.2. The molecule has 31 heavy (non-hydrogen) atoms. The third kappa shape index (κ3) is 24.5. The predicted octanol–water partition coefficient (Wildman–Crippen LogP) is 5.72. The molecule has 2 atom stereocenters. The molecule has 8 heteroatoms. The second kappa shape index (κ2) is 23.2. The zero-order valence-corrected chi connectivity index (χ0v) is 20.9. The summed E-state index contributed by atoms with van der Waals surface area (Å²) < 4.78 is 26.1. The lowest BCUT2D eigenvalue weighted by Gasteiger charge is -2.15. The molecule has 0 fully saturated rings. The van der Waals surface area contributed by atoms with Crippen molar-refractivity contribution in [3.8, 4) is 0 Å². The number of ether oxygens (including phenoxy) is 1. The molecule has 0 aliphatic heterocycles. The van der Waals surface area contributed by atoms with Crippen LogP contribution >= 0.6 is 7.82 Å². The fraction of sp³-hybridized carbons (Fsp3) is 1.00. The lowest BCUT2D eigenvalue weighted by Crippen LogP contribution is -2.22. The summed E-state index contributed by atoms with van der Waals surface area (Å²) in [6, 6.07) is 0. The largest absolute Gasteiger partial charge is 0.472 e. The van der Waals surface area contributed by atoms with Gasteiger partial charge in [-0.3, -0.25) is 9.05 Å². The van der Waals surface area contributed by atoms with E-state index in [2.05, 4.69) is 16.0 Å². The van der Waals surface area contributed by atoms with E-state index in [-0.39, 0.29) is 26.4 Å². The number of aliphatic hydroxyl groups excluding tert-OH is 1. The van der Waals surface area contributed by atoms with Crippen molar-refractivity contribution in [3.05, 3.63) is 0 Å². The molecule has 0 radical (unpaired) electrons. The lowest BCUT2D eigenvalue weighted by atomic mass is 10.0. The van der Waals surface area contributed by atoms with Crippen molar-refractivity contribution in [2.24, 2.45) is 5.73 Å². The third-order valence-electron chi connectivity index (χ3n) is 5.25. The molecule has 188 valence electrons. The Morgan fingerprint density at radius 2 is 1.16 bits per heavy atom. The number of rotatable bonds is 25. The number of nitrogens with two attached hydrogens (primary N) is 1. The van der Waals surface area contributed by atoms with E-state index in [9.17, 15) is 14.6 Å². The highest BCUT2D eigenvalue weighted by molar-refractivity contribution is 7.47. The van der Waals surface area contributed by atoms with E-state index < -0.39 is 13.9 Å². The van der Waals surface area contributed by atoms with Gasteiger partial charge in [0.1, 0.15) is 6.10 Å². The number of hydrogen-bond donors (Lipinski definition) is 3. The van der Waals surface area contributed by atoms with Crippen molar-refractivity contribution >= 4 is 7.82 Å². The van der Waals surface area contributed by atoms with E-state index in [1.807, 2.05) is 0 Å². The van der Waals surface area contributed by atoms with Crippen molar-refractivity contribution < 1.29 is 28.3 Å². The SMILES string of the molecule is CCCCCCCCCCCCCCCCCCOCC(O)COP(=O)(O)OCCN. The van der Waals surface area contributed by atoms with Crippen molar-refractivity contribution in [2.75, 3.05) is 33.0 Å². The fourth-order valence-electron chi connectivity index (χ4n) is 3.41. The van der Waals surface area contributed by atoms with Gasteiger partial charge in [-0.25, -0.2) is 4.57 Å². The van der Waals surface area contributed by atoms with Gasteiger partial charge in [0, 0.05) is 13.2 Å². The number of unbranched alkanes of at least 4 members (excludes halogenated alkanes) is 15. The molecule has 0 spiro atoms. The summed E-state index contributed by atoms with van der Waals surface area (Å²) in [6.45, 7) is 2.67. The minimum Gasteiger partial charge on any atom is -0.388 e. The van der Waals surface area contributed by atoms with E-state index in [0.29, 0.717) is 6.61 Å². The number of phosphoric ester groups is 1. The second-order valence-corrected chi connectivity index (χ2v) is 9.87. The molecule has 0 aliphatic rings. The predicted molar refractivity (Wildman–Crippen MR) is 127 cm³/mol. The Hall–Kier alpha value is -0.0100. The van der Waals surface area contributed by atoms with Crippen LogP contribution in [0.1, 0.15) is 110 Å². The Bertz CT molecular complexity index is 414. The molecular formula is C23H50NO6P. The molecule has 4 N–H and O–H groups in total. The molecule has 0 saturated carbocycles. The molecule has 0 rings (SSSR count). The van der Waals surface area contributed by atoms with Gasteiger partial charge in [-0.15, -0.1) is 0 Å². The van der Waals surface area contributed by atoms with E-state index in [1.165, 1.54) is 89.9 Å². The average Bonchev–Trinajstić information content (AvgIpc) is 2.75. The quantitative estimate of drug-likeness (QED) is 0.116. The van der Waals surface area contributed by atoms with Gasteiger partial charge in [-0.1, -0.05) is 103 Å². The first-order chi connectivity index (χ1) is 15.0. The Labute approximate surface area is 191 Å². The maximum atomic E-state index is 11.4. The van der Waals surface area contributed by atoms with Gasteiger partial charge >= 0.3 is 7.82 Å². The summed E-state index contributed by atoms with van der Waals surface area (Å²) in [7, 11) is -4.14. The molecule has 7 nitrogen and oxygen atoms in total. The second-order valence-electron chi connectivity index (χ2n) is 8.42. The Morgan fingerprint density at radius 3 is 1.61 bits per heavy atom. The van der Waals surface area contributed by atoms with Gasteiger partial charge in [0.25, 0.3) is 0 Å². The van der Waals surface area contributed by atoms with Crippen LogP contribution in [0.4, 0.5) is 0 Å². The summed E-state index contributed by atoms with van der Waals surface area (Å²) in [6.07, 6.45) is 20.3. The molecule has 0 aliphatic carbocycles. The Balaban J connectivity index is 3.25. The van der Waals surface area contributed by atoms with Crippen LogP contribution in [0.15, 0.2) is 0 Å². The minimum atomic E-state index is -4.14. The topological polar surface area (TPSA) is 111 Å². The summed E-state index contributed by atoms with van der Waals surface area (Å²) in [4.78, 5) is 9.33. The first-order valence-corrected chi connectivity index (χ1v) is 14.1. The fourth-order valence-corrected chi connectivity index (χ4v) is 4.18. The molecule has 0 amide bonds. The van der Waals surface area contributed by atoms with Crippen LogP contribution in [0.5, 0.6) is 0 Å². The third-order valence-corrected chi connectivity index (χ3v) is 6.24. The van der Waals surface area contributed by atoms with Crippen LogP contribution in [0, 0.1) is 0 Å². The van der Waals surface area contributed by atoms with Crippen LogP contribution in [0.3, 0.4) is 0 Å². The number of hydrogen-bond acceptors (Lipinski definition) is 6. The van der Waals surface area contributed by atoms with Gasteiger partial charge in [0.15, 0.2) is 0 Å². The van der Waals surface area contributed by atoms with Gasteiger partial charge < -0.3 is 20.5 Å². The maximum Gasteiger partial charge on any atom is 0.472 e. The first kappa shape index (κ1) is 31.0. The average molecular weight is 468 g/mol. The minimum absolute atomic E-state index is 0.0698. The van der Waals surface area contributed by atoms with Crippen molar-refractivity contribution in [1.82, 2.24) is 0 Å². The number of aliphatic hydroxyl groups is 1. The van der Waals surface area contributed by atoms with Crippen molar-refractivity contribution in [1.29, 1.82) is 0 Å². The highest BCUT2D eigenvalue weighted by Crippen LogP contribution is 2.42. The molecule has 0 saturated heterocycles. The number of phosphoric acid groups is 1. The van der Waals surface area contributed by atoms with E-state index in [4.69, 9.17) is 10.5 Å². The molecule has 0 heterocycles. The zero-order valence-electron chi connectivity index (χ0n) is 20.0. The molecule has 0 bridgehead atoms.